The maximum absolute atomic E-state index is 13.9. The molecule has 0 bridgehead atoms. The maximum atomic E-state index is 13.9. The number of H-pyrrole nitrogens is 1. The number of anilines is 1. The molecule has 3 aromatic rings. The highest BCUT2D eigenvalue weighted by molar-refractivity contribution is 8.00. The van der Waals surface area contributed by atoms with Crippen molar-refractivity contribution in [3.05, 3.63) is 62.6 Å². The highest BCUT2D eigenvalue weighted by atomic mass is 32.2. The Kier molecular flexibility index (Phi) is 7.67. The van der Waals surface area contributed by atoms with E-state index in [4.69, 9.17) is 18.9 Å². The third-order valence-corrected chi connectivity index (χ3v) is 8.83. The quantitative estimate of drug-likeness (QED) is 0.304. The van der Waals surface area contributed by atoms with Crippen LogP contribution in [-0.4, -0.2) is 54.9 Å². The molecule has 1 N–H and O–H groups in total. The zero-order chi connectivity index (χ0) is 27.7. The van der Waals surface area contributed by atoms with E-state index >= 15 is 0 Å². The SMILES string of the molecule is CCOC(=O)COc1ccc([C@H]2c3sc(=O)[nH]c3SC3C(=O)N(c4ccc(OC)cc4)C(=O)C32)cc1OCC. The number of amides is 2. The lowest BCUT2D eigenvalue weighted by molar-refractivity contribution is -0.145. The van der Waals surface area contributed by atoms with Gasteiger partial charge < -0.3 is 23.9 Å². The summed E-state index contributed by atoms with van der Waals surface area (Å²) in [6.07, 6.45) is 0. The molecule has 1 aromatic heterocycles. The summed E-state index contributed by atoms with van der Waals surface area (Å²) < 4.78 is 21.6. The van der Waals surface area contributed by atoms with Crippen LogP contribution in [0, 0.1) is 5.92 Å². The third-order valence-electron chi connectivity index (χ3n) is 6.43. The molecule has 0 saturated carbocycles. The number of hydrogen-bond donors (Lipinski definition) is 1. The van der Waals surface area contributed by atoms with Crippen molar-refractivity contribution in [3.8, 4) is 17.2 Å². The zero-order valence-corrected chi connectivity index (χ0v) is 23.1. The van der Waals surface area contributed by atoms with Crippen molar-refractivity contribution in [2.24, 2.45) is 5.92 Å². The minimum atomic E-state index is -0.746. The van der Waals surface area contributed by atoms with Gasteiger partial charge in [0.15, 0.2) is 18.1 Å². The van der Waals surface area contributed by atoms with Gasteiger partial charge in [0.2, 0.25) is 11.8 Å². The van der Waals surface area contributed by atoms with Crippen LogP contribution in [0.2, 0.25) is 0 Å². The molecule has 1 saturated heterocycles. The van der Waals surface area contributed by atoms with Crippen molar-refractivity contribution in [2.45, 2.75) is 30.0 Å². The van der Waals surface area contributed by atoms with Gasteiger partial charge in [0, 0.05) is 10.8 Å². The molecule has 39 heavy (non-hydrogen) atoms. The average Bonchev–Trinajstić information content (AvgIpc) is 3.42. The molecule has 2 unspecified atom stereocenters. The van der Waals surface area contributed by atoms with Crippen molar-refractivity contribution >= 4 is 46.6 Å². The second kappa shape index (κ2) is 11.1. The minimum absolute atomic E-state index is 0.240. The van der Waals surface area contributed by atoms with Gasteiger partial charge in [0.25, 0.3) is 0 Å². The van der Waals surface area contributed by atoms with Crippen molar-refractivity contribution in [1.82, 2.24) is 4.98 Å². The number of imide groups is 1. The predicted molar refractivity (Wildman–Crippen MR) is 145 cm³/mol. The van der Waals surface area contributed by atoms with Crippen LogP contribution in [0.1, 0.15) is 30.2 Å². The van der Waals surface area contributed by atoms with E-state index in [1.165, 1.54) is 16.7 Å². The number of benzene rings is 2. The van der Waals surface area contributed by atoms with Crippen LogP contribution in [-0.2, 0) is 19.1 Å². The average molecular weight is 571 g/mol. The first-order chi connectivity index (χ1) is 18.9. The molecule has 3 heterocycles. The molecule has 12 heteroatoms. The molecule has 1 fully saturated rings. The maximum Gasteiger partial charge on any atom is 0.344 e. The van der Waals surface area contributed by atoms with E-state index in [9.17, 15) is 19.2 Å². The first kappa shape index (κ1) is 26.8. The summed E-state index contributed by atoms with van der Waals surface area (Å²) >= 11 is 2.24. The number of nitrogens with one attached hydrogen (secondary N) is 1. The van der Waals surface area contributed by atoms with Crippen LogP contribution in [0.25, 0.3) is 0 Å². The summed E-state index contributed by atoms with van der Waals surface area (Å²) in [5.41, 5.74) is 1.14. The number of rotatable bonds is 9. The fourth-order valence-electron chi connectivity index (χ4n) is 4.81. The molecule has 0 spiro atoms. The third kappa shape index (κ3) is 5.01. The molecule has 2 aromatic carbocycles. The minimum Gasteiger partial charge on any atom is -0.497 e. The molecule has 2 aliphatic rings. The predicted octanol–water partition coefficient (Wildman–Crippen LogP) is 3.58. The van der Waals surface area contributed by atoms with E-state index in [0.29, 0.717) is 45.0 Å². The zero-order valence-electron chi connectivity index (χ0n) is 21.4. The van der Waals surface area contributed by atoms with Crippen molar-refractivity contribution in [2.75, 3.05) is 31.8 Å². The topological polar surface area (TPSA) is 124 Å². The summed E-state index contributed by atoms with van der Waals surface area (Å²) in [6.45, 7) is 3.81. The van der Waals surface area contributed by atoms with Crippen LogP contribution >= 0.6 is 23.1 Å². The highest BCUT2D eigenvalue weighted by Gasteiger charge is 2.56. The Morgan fingerprint density at radius 1 is 0.974 bits per heavy atom. The summed E-state index contributed by atoms with van der Waals surface area (Å²) in [4.78, 5) is 56.1. The Hall–Kier alpha value is -3.77. The molecule has 5 rings (SSSR count). The van der Waals surface area contributed by atoms with Crippen LogP contribution < -0.4 is 24.0 Å². The number of carbonyl (C=O) groups excluding carboxylic acids is 3. The van der Waals surface area contributed by atoms with Gasteiger partial charge >= 0.3 is 10.8 Å². The van der Waals surface area contributed by atoms with Gasteiger partial charge in [-0.05, 0) is 55.8 Å². The van der Waals surface area contributed by atoms with Gasteiger partial charge in [0.05, 0.1) is 37.0 Å². The Bertz CT molecular complexity index is 1470. The normalized spacial score (nSPS) is 19.9. The number of thioether (sulfide) groups is 1. The Morgan fingerprint density at radius 3 is 2.44 bits per heavy atom. The fourth-order valence-corrected chi connectivity index (χ4v) is 7.32. The Balaban J connectivity index is 1.54. The molecule has 2 amide bonds. The number of esters is 1. The van der Waals surface area contributed by atoms with E-state index < -0.39 is 23.1 Å². The van der Waals surface area contributed by atoms with E-state index in [-0.39, 0.29) is 29.9 Å². The van der Waals surface area contributed by atoms with Crippen LogP contribution in [0.5, 0.6) is 17.2 Å². The van der Waals surface area contributed by atoms with Crippen LogP contribution in [0.15, 0.2) is 52.3 Å². The summed E-state index contributed by atoms with van der Waals surface area (Å²) in [7, 11) is 1.54. The molecular weight excluding hydrogens is 544 g/mol. The van der Waals surface area contributed by atoms with E-state index in [1.807, 2.05) is 6.92 Å². The van der Waals surface area contributed by atoms with Gasteiger partial charge in [-0.25, -0.2) is 9.69 Å². The van der Waals surface area contributed by atoms with Crippen molar-refractivity contribution in [1.29, 1.82) is 0 Å². The number of fused-ring (bicyclic) bond motifs is 2. The summed E-state index contributed by atoms with van der Waals surface area (Å²) in [5.74, 6) is -1.20. The summed E-state index contributed by atoms with van der Waals surface area (Å²) in [6, 6.07) is 11.9. The Morgan fingerprint density at radius 2 is 1.74 bits per heavy atom. The molecule has 10 nitrogen and oxygen atoms in total. The van der Waals surface area contributed by atoms with Gasteiger partial charge in [-0.1, -0.05) is 29.2 Å². The van der Waals surface area contributed by atoms with Crippen molar-refractivity contribution in [3.63, 3.8) is 0 Å². The number of aromatic amines is 1. The van der Waals surface area contributed by atoms with Gasteiger partial charge in [-0.2, -0.15) is 0 Å². The number of nitrogens with zero attached hydrogens (tertiary/aromatic N) is 1. The van der Waals surface area contributed by atoms with E-state index in [2.05, 4.69) is 4.98 Å². The Labute approximate surface area is 232 Å². The lowest BCUT2D eigenvalue weighted by Gasteiger charge is -2.30. The number of carbonyl (C=O) groups is 3. The molecule has 3 atom stereocenters. The lowest BCUT2D eigenvalue weighted by Crippen LogP contribution is -2.32. The number of thiazole rings is 1. The molecule has 0 aliphatic carbocycles. The number of hydrogen-bond acceptors (Lipinski definition) is 10. The number of ether oxygens (including phenoxy) is 4. The van der Waals surface area contributed by atoms with Gasteiger partial charge in [0.1, 0.15) is 11.0 Å². The summed E-state index contributed by atoms with van der Waals surface area (Å²) in [5, 5.41) is -0.146. The van der Waals surface area contributed by atoms with E-state index in [1.54, 1.807) is 56.5 Å². The molecule has 0 radical (unpaired) electrons. The smallest absolute Gasteiger partial charge is 0.344 e. The van der Waals surface area contributed by atoms with Crippen molar-refractivity contribution < 1.29 is 33.3 Å². The standard InChI is InChI=1S/C27H26N2O8S2/c1-4-35-18-12-14(6-11-17(18)37-13-19(30)36-5-2)20-21-23(38-24-22(20)39-27(33)28-24)26(32)29(25(21)31)15-7-9-16(34-3)10-8-15/h6-12,20-21,23H,4-5,13H2,1-3H3,(H,28,33)/t20-,21?,23?/m1/s1. The van der Waals surface area contributed by atoms with Gasteiger partial charge in [-0.3, -0.25) is 14.4 Å². The van der Waals surface area contributed by atoms with Crippen LogP contribution in [0.4, 0.5) is 5.69 Å². The second-order valence-electron chi connectivity index (χ2n) is 8.69. The molecule has 204 valence electrons. The van der Waals surface area contributed by atoms with Crippen LogP contribution in [0.3, 0.4) is 0 Å². The number of methoxy groups -OCH3 is 1. The van der Waals surface area contributed by atoms with E-state index in [0.717, 1.165) is 11.3 Å². The molecular formula is C27H26N2O8S2. The largest absolute Gasteiger partial charge is 0.497 e. The van der Waals surface area contributed by atoms with Gasteiger partial charge in [-0.15, -0.1) is 0 Å². The fraction of sp³-hybridized carbons (Fsp3) is 0.333. The first-order valence-electron chi connectivity index (χ1n) is 12.3. The lowest BCUT2D eigenvalue weighted by atomic mass is 9.83. The first-order valence-corrected chi connectivity index (χ1v) is 14.0. The highest BCUT2D eigenvalue weighted by Crippen LogP contribution is 2.53. The second-order valence-corrected chi connectivity index (χ2v) is 10.9. The number of aromatic nitrogens is 1. The monoisotopic (exact) mass is 570 g/mol. The molecule has 2 aliphatic heterocycles.